The van der Waals surface area contributed by atoms with Crippen LogP contribution in [0.3, 0.4) is 0 Å². The van der Waals surface area contributed by atoms with Crippen LogP contribution in [0.4, 0.5) is 0 Å². The SMILES string of the molecule is CCc1cc(CC)c(C(NC)C2CCCCC2)c(CC)c1. The van der Waals surface area contributed by atoms with E-state index in [0.717, 1.165) is 25.2 Å². The highest BCUT2D eigenvalue weighted by Crippen LogP contribution is 2.37. The first kappa shape index (κ1) is 16.5. The van der Waals surface area contributed by atoms with Crippen LogP contribution in [0, 0.1) is 5.92 Å². The van der Waals surface area contributed by atoms with Crippen molar-refractivity contribution in [3.8, 4) is 0 Å². The fourth-order valence-electron chi connectivity index (χ4n) is 4.12. The Kier molecular flexibility index (Phi) is 6.29. The highest BCUT2D eigenvalue weighted by atomic mass is 14.9. The first-order chi connectivity index (χ1) is 10.2. The van der Waals surface area contributed by atoms with Crippen molar-refractivity contribution in [2.75, 3.05) is 7.05 Å². The lowest BCUT2D eigenvalue weighted by atomic mass is 9.77. The zero-order valence-corrected chi connectivity index (χ0v) is 14.5. The van der Waals surface area contributed by atoms with Crippen LogP contribution in [-0.2, 0) is 19.3 Å². The lowest BCUT2D eigenvalue weighted by Crippen LogP contribution is -2.29. The molecule has 1 N–H and O–H groups in total. The zero-order valence-electron chi connectivity index (χ0n) is 14.5. The minimum Gasteiger partial charge on any atom is -0.313 e. The largest absolute Gasteiger partial charge is 0.313 e. The first-order valence-corrected chi connectivity index (χ1v) is 9.06. The van der Waals surface area contributed by atoms with Gasteiger partial charge < -0.3 is 5.32 Å². The molecule has 1 fully saturated rings. The summed E-state index contributed by atoms with van der Waals surface area (Å²) < 4.78 is 0. The van der Waals surface area contributed by atoms with Crippen molar-refractivity contribution in [1.82, 2.24) is 5.32 Å². The van der Waals surface area contributed by atoms with E-state index in [9.17, 15) is 0 Å². The maximum Gasteiger partial charge on any atom is 0.0351 e. The fourth-order valence-corrected chi connectivity index (χ4v) is 4.12. The van der Waals surface area contributed by atoms with E-state index < -0.39 is 0 Å². The molecule has 1 saturated carbocycles. The average molecular weight is 287 g/mol. The molecule has 21 heavy (non-hydrogen) atoms. The van der Waals surface area contributed by atoms with Crippen LogP contribution in [0.5, 0.6) is 0 Å². The molecule has 0 amide bonds. The molecule has 1 atom stereocenters. The van der Waals surface area contributed by atoms with Crippen LogP contribution >= 0.6 is 0 Å². The summed E-state index contributed by atoms with van der Waals surface area (Å²) in [5, 5.41) is 3.67. The number of nitrogens with one attached hydrogen (secondary N) is 1. The van der Waals surface area contributed by atoms with Crippen LogP contribution in [0.15, 0.2) is 12.1 Å². The minimum atomic E-state index is 0.557. The summed E-state index contributed by atoms with van der Waals surface area (Å²) in [6.07, 6.45) is 10.5. The Balaban J connectivity index is 2.42. The molecule has 0 saturated heterocycles. The van der Waals surface area contributed by atoms with Crippen molar-refractivity contribution in [2.45, 2.75) is 78.2 Å². The molecule has 0 spiro atoms. The predicted octanol–water partition coefficient (Wildman–Crippen LogP) is 5.21. The van der Waals surface area contributed by atoms with Crippen LogP contribution in [-0.4, -0.2) is 7.05 Å². The highest BCUT2D eigenvalue weighted by Gasteiger charge is 2.27. The van der Waals surface area contributed by atoms with E-state index in [1.165, 1.54) is 37.7 Å². The summed E-state index contributed by atoms with van der Waals surface area (Å²) in [4.78, 5) is 0. The molecule has 1 nitrogen and oxygen atoms in total. The number of benzene rings is 1. The third-order valence-electron chi connectivity index (χ3n) is 5.32. The predicted molar refractivity (Wildman–Crippen MR) is 93.0 cm³/mol. The van der Waals surface area contributed by atoms with E-state index >= 15 is 0 Å². The molecular weight excluding hydrogens is 254 g/mol. The van der Waals surface area contributed by atoms with Gasteiger partial charge >= 0.3 is 0 Å². The van der Waals surface area contributed by atoms with Crippen LogP contribution < -0.4 is 5.32 Å². The molecule has 1 aromatic carbocycles. The molecule has 1 unspecified atom stereocenters. The number of hydrogen-bond donors (Lipinski definition) is 1. The Morgan fingerprint density at radius 1 is 0.952 bits per heavy atom. The highest BCUT2D eigenvalue weighted by molar-refractivity contribution is 5.42. The molecule has 118 valence electrons. The minimum absolute atomic E-state index is 0.557. The molecular formula is C20H33N. The van der Waals surface area contributed by atoms with Crippen molar-refractivity contribution in [1.29, 1.82) is 0 Å². The lowest BCUT2D eigenvalue weighted by molar-refractivity contribution is 0.280. The van der Waals surface area contributed by atoms with Gasteiger partial charge in [0.25, 0.3) is 0 Å². The van der Waals surface area contributed by atoms with Crippen LogP contribution in [0.2, 0.25) is 0 Å². The summed E-state index contributed by atoms with van der Waals surface area (Å²) in [7, 11) is 2.16. The van der Waals surface area contributed by atoms with Gasteiger partial charge in [0.05, 0.1) is 0 Å². The van der Waals surface area contributed by atoms with Gasteiger partial charge in [-0.1, -0.05) is 52.2 Å². The second kappa shape index (κ2) is 7.98. The Morgan fingerprint density at radius 3 is 1.95 bits per heavy atom. The molecule has 0 aromatic heterocycles. The Labute approximate surface area is 131 Å². The Morgan fingerprint density at radius 2 is 1.52 bits per heavy atom. The van der Waals surface area contributed by atoms with Gasteiger partial charge in [-0.15, -0.1) is 0 Å². The maximum atomic E-state index is 3.67. The van der Waals surface area contributed by atoms with Gasteiger partial charge in [0.15, 0.2) is 0 Å². The first-order valence-electron chi connectivity index (χ1n) is 9.06. The summed E-state index contributed by atoms with van der Waals surface area (Å²) in [5.74, 6) is 0.826. The summed E-state index contributed by atoms with van der Waals surface area (Å²) >= 11 is 0. The van der Waals surface area contributed by atoms with Gasteiger partial charge in [-0.2, -0.15) is 0 Å². The van der Waals surface area contributed by atoms with Gasteiger partial charge in [0.2, 0.25) is 0 Å². The lowest BCUT2D eigenvalue weighted by Gasteiger charge is -2.33. The maximum absolute atomic E-state index is 3.67. The molecule has 0 aliphatic heterocycles. The Hall–Kier alpha value is -0.820. The average Bonchev–Trinajstić information content (AvgIpc) is 2.56. The van der Waals surface area contributed by atoms with Crippen molar-refractivity contribution in [2.24, 2.45) is 5.92 Å². The molecule has 1 aromatic rings. The Bertz CT molecular complexity index is 418. The normalized spacial score (nSPS) is 17.9. The van der Waals surface area contributed by atoms with Gasteiger partial charge in [0, 0.05) is 6.04 Å². The van der Waals surface area contributed by atoms with Gasteiger partial charge in [-0.25, -0.2) is 0 Å². The molecule has 1 heteroatoms. The summed E-state index contributed by atoms with van der Waals surface area (Å²) in [5.41, 5.74) is 6.30. The summed E-state index contributed by atoms with van der Waals surface area (Å²) in [6.45, 7) is 6.89. The van der Waals surface area contributed by atoms with Gasteiger partial charge in [-0.05, 0) is 67.3 Å². The summed E-state index contributed by atoms with van der Waals surface area (Å²) in [6, 6.07) is 5.48. The second-order valence-corrected chi connectivity index (χ2v) is 6.55. The van der Waals surface area contributed by atoms with Crippen LogP contribution in [0.1, 0.15) is 81.2 Å². The smallest absolute Gasteiger partial charge is 0.0351 e. The van der Waals surface area contributed by atoms with Crippen molar-refractivity contribution < 1.29 is 0 Å². The second-order valence-electron chi connectivity index (χ2n) is 6.55. The molecule has 1 aliphatic rings. The standard InChI is InChI=1S/C20H33N/c1-5-15-13-16(6-2)19(17(7-3)14-15)20(21-4)18-11-9-8-10-12-18/h13-14,18,20-21H,5-12H2,1-4H3. The quantitative estimate of drug-likeness (QED) is 0.757. The van der Waals surface area contributed by atoms with Crippen LogP contribution in [0.25, 0.3) is 0 Å². The fraction of sp³-hybridized carbons (Fsp3) is 0.700. The zero-order chi connectivity index (χ0) is 15.2. The third kappa shape index (κ3) is 3.69. The van der Waals surface area contributed by atoms with Crippen molar-refractivity contribution in [3.63, 3.8) is 0 Å². The van der Waals surface area contributed by atoms with E-state index in [-0.39, 0.29) is 0 Å². The molecule has 0 radical (unpaired) electrons. The van der Waals surface area contributed by atoms with Crippen molar-refractivity contribution >= 4 is 0 Å². The molecule has 2 rings (SSSR count). The third-order valence-corrected chi connectivity index (χ3v) is 5.32. The van der Waals surface area contributed by atoms with E-state index in [1.54, 1.807) is 16.7 Å². The molecule has 1 aliphatic carbocycles. The van der Waals surface area contributed by atoms with E-state index in [0.29, 0.717) is 6.04 Å². The molecule has 0 bridgehead atoms. The number of rotatable bonds is 6. The topological polar surface area (TPSA) is 12.0 Å². The number of hydrogen-bond acceptors (Lipinski definition) is 1. The van der Waals surface area contributed by atoms with E-state index in [1.807, 2.05) is 0 Å². The number of aryl methyl sites for hydroxylation is 3. The van der Waals surface area contributed by atoms with E-state index in [4.69, 9.17) is 0 Å². The molecule has 0 heterocycles. The van der Waals surface area contributed by atoms with E-state index in [2.05, 4.69) is 45.3 Å². The van der Waals surface area contributed by atoms with Gasteiger partial charge in [-0.3, -0.25) is 0 Å². The monoisotopic (exact) mass is 287 g/mol. The van der Waals surface area contributed by atoms with Crippen molar-refractivity contribution in [3.05, 3.63) is 34.4 Å². The van der Waals surface area contributed by atoms with Gasteiger partial charge in [0.1, 0.15) is 0 Å².